The Morgan fingerprint density at radius 1 is 0.826 bits per heavy atom. The molecule has 3 nitrogen and oxygen atoms in total. The lowest BCUT2D eigenvalue weighted by molar-refractivity contribution is -0.265. The molecule has 0 unspecified atom stereocenters. The van der Waals surface area contributed by atoms with Crippen LogP contribution in [0.2, 0.25) is 0 Å². The van der Waals surface area contributed by atoms with Gasteiger partial charge in [0.2, 0.25) is 0 Å². The van der Waals surface area contributed by atoms with Gasteiger partial charge in [-0.2, -0.15) is 0 Å². The van der Waals surface area contributed by atoms with Gasteiger partial charge in [-0.15, -0.1) is 0 Å². The Kier molecular flexibility index (Phi) is 3.24. The van der Waals surface area contributed by atoms with Gasteiger partial charge in [-0.05, 0) is 28.5 Å². The van der Waals surface area contributed by atoms with Gasteiger partial charge in [0.1, 0.15) is 0 Å². The summed E-state index contributed by atoms with van der Waals surface area (Å²) < 4.78 is 0. The first-order valence-electron chi connectivity index (χ1n) is 7.39. The molecule has 0 saturated heterocycles. The van der Waals surface area contributed by atoms with Crippen LogP contribution in [-0.4, -0.2) is 11.2 Å². The largest absolute Gasteiger partial charge is 0.872 e. The van der Waals surface area contributed by atoms with Gasteiger partial charge in [-0.1, -0.05) is 60.3 Å². The SMILES string of the molecule is [O-]c1c(C=Nc2cccc3cccnc23)ccc2ccccc12. The fourth-order valence-electron chi connectivity index (χ4n) is 2.69. The molecular formula is C20H13N2O-. The zero-order chi connectivity index (χ0) is 15.6. The third kappa shape index (κ3) is 2.42. The summed E-state index contributed by atoms with van der Waals surface area (Å²) in [6, 6.07) is 21.1. The summed E-state index contributed by atoms with van der Waals surface area (Å²) in [5.41, 5.74) is 2.17. The number of hydrogen-bond donors (Lipinski definition) is 0. The quantitative estimate of drug-likeness (QED) is 0.520. The van der Waals surface area contributed by atoms with E-state index >= 15 is 0 Å². The number of hydrogen-bond acceptors (Lipinski definition) is 3. The van der Waals surface area contributed by atoms with Gasteiger partial charge >= 0.3 is 0 Å². The summed E-state index contributed by atoms with van der Waals surface area (Å²) in [6.07, 6.45) is 3.37. The molecule has 0 fully saturated rings. The van der Waals surface area contributed by atoms with E-state index in [-0.39, 0.29) is 5.75 Å². The highest BCUT2D eigenvalue weighted by Gasteiger charge is 2.00. The molecule has 23 heavy (non-hydrogen) atoms. The maximum Gasteiger partial charge on any atom is 0.0958 e. The summed E-state index contributed by atoms with van der Waals surface area (Å²) in [4.78, 5) is 8.86. The Balaban J connectivity index is 1.80. The topological polar surface area (TPSA) is 48.3 Å². The van der Waals surface area contributed by atoms with Crippen LogP contribution in [-0.2, 0) is 0 Å². The number of fused-ring (bicyclic) bond motifs is 2. The lowest BCUT2D eigenvalue weighted by Gasteiger charge is -2.13. The van der Waals surface area contributed by atoms with E-state index in [0.717, 1.165) is 22.0 Å². The van der Waals surface area contributed by atoms with Crippen molar-refractivity contribution >= 4 is 33.6 Å². The van der Waals surface area contributed by atoms with Gasteiger partial charge in [-0.3, -0.25) is 9.98 Å². The van der Waals surface area contributed by atoms with Crippen molar-refractivity contribution in [2.45, 2.75) is 0 Å². The van der Waals surface area contributed by atoms with Crippen LogP contribution in [0, 0.1) is 0 Å². The second kappa shape index (κ2) is 5.54. The van der Waals surface area contributed by atoms with Crippen LogP contribution in [0.1, 0.15) is 5.56 Å². The third-order valence-electron chi connectivity index (χ3n) is 3.86. The number of aliphatic imine (C=N–C) groups is 1. The number of para-hydroxylation sites is 1. The van der Waals surface area contributed by atoms with Gasteiger partial charge in [0.05, 0.1) is 11.2 Å². The molecule has 3 heteroatoms. The van der Waals surface area contributed by atoms with Gasteiger partial charge < -0.3 is 5.11 Å². The fraction of sp³-hybridized carbons (Fsp3) is 0. The predicted molar refractivity (Wildman–Crippen MR) is 92.4 cm³/mol. The maximum atomic E-state index is 12.5. The zero-order valence-corrected chi connectivity index (χ0v) is 12.3. The second-order valence-electron chi connectivity index (χ2n) is 5.32. The molecule has 0 radical (unpaired) electrons. The van der Waals surface area contributed by atoms with E-state index in [4.69, 9.17) is 0 Å². The monoisotopic (exact) mass is 297 g/mol. The minimum atomic E-state index is 0.0000425. The van der Waals surface area contributed by atoms with Crippen molar-refractivity contribution in [2.75, 3.05) is 0 Å². The lowest BCUT2D eigenvalue weighted by atomic mass is 10.1. The molecule has 0 N–H and O–H groups in total. The highest BCUT2D eigenvalue weighted by molar-refractivity contribution is 5.98. The van der Waals surface area contributed by atoms with E-state index in [0.29, 0.717) is 10.9 Å². The Morgan fingerprint density at radius 2 is 1.65 bits per heavy atom. The van der Waals surface area contributed by atoms with E-state index in [1.807, 2.05) is 66.7 Å². The van der Waals surface area contributed by atoms with Crippen LogP contribution < -0.4 is 5.11 Å². The molecule has 1 heterocycles. The van der Waals surface area contributed by atoms with Crippen molar-refractivity contribution in [1.29, 1.82) is 0 Å². The van der Waals surface area contributed by atoms with Crippen LogP contribution in [0.5, 0.6) is 5.75 Å². The van der Waals surface area contributed by atoms with Crippen molar-refractivity contribution in [1.82, 2.24) is 4.98 Å². The Hall–Kier alpha value is -3.20. The Bertz CT molecular complexity index is 1030. The number of benzene rings is 3. The van der Waals surface area contributed by atoms with Gasteiger partial charge in [-0.25, -0.2) is 0 Å². The van der Waals surface area contributed by atoms with E-state index < -0.39 is 0 Å². The molecule has 0 amide bonds. The molecule has 1 aromatic heterocycles. The van der Waals surface area contributed by atoms with Crippen LogP contribution in [0.25, 0.3) is 21.7 Å². The molecule has 4 rings (SSSR count). The second-order valence-corrected chi connectivity index (χ2v) is 5.32. The Labute approximate surface area is 133 Å². The van der Waals surface area contributed by atoms with Crippen LogP contribution in [0.4, 0.5) is 5.69 Å². The molecular weight excluding hydrogens is 284 g/mol. The maximum absolute atomic E-state index is 12.5. The lowest BCUT2D eigenvalue weighted by Crippen LogP contribution is -1.97. The molecule has 0 atom stereocenters. The number of nitrogens with zero attached hydrogens (tertiary/aromatic N) is 2. The van der Waals surface area contributed by atoms with Crippen LogP contribution in [0.3, 0.4) is 0 Å². The summed E-state index contributed by atoms with van der Waals surface area (Å²) in [7, 11) is 0. The molecule has 0 aliphatic heterocycles. The minimum absolute atomic E-state index is 0.0000425. The molecule has 4 aromatic rings. The molecule has 0 saturated carbocycles. The number of aromatic nitrogens is 1. The third-order valence-corrected chi connectivity index (χ3v) is 3.86. The standard InChI is InChI=1S/C20H14N2O/c23-20-16(11-10-14-5-1-2-8-17(14)20)13-22-18-9-3-6-15-7-4-12-21-19(15)18/h1-13,23H/p-1. The normalized spacial score (nSPS) is 11.5. The molecule has 0 aliphatic rings. The first-order chi connectivity index (χ1) is 11.3. The van der Waals surface area contributed by atoms with Crippen LogP contribution >= 0.6 is 0 Å². The smallest absolute Gasteiger partial charge is 0.0958 e. The van der Waals surface area contributed by atoms with Crippen molar-refractivity contribution in [3.63, 3.8) is 0 Å². The minimum Gasteiger partial charge on any atom is -0.872 e. The van der Waals surface area contributed by atoms with Gasteiger partial charge in [0.25, 0.3) is 0 Å². The zero-order valence-electron chi connectivity index (χ0n) is 12.3. The molecule has 110 valence electrons. The number of rotatable bonds is 2. The Morgan fingerprint density at radius 3 is 2.61 bits per heavy atom. The van der Waals surface area contributed by atoms with Crippen molar-refractivity contribution < 1.29 is 5.11 Å². The molecule has 0 spiro atoms. The van der Waals surface area contributed by atoms with Crippen molar-refractivity contribution in [3.8, 4) is 5.75 Å². The molecule has 0 bridgehead atoms. The number of pyridine rings is 1. The van der Waals surface area contributed by atoms with E-state index in [2.05, 4.69) is 9.98 Å². The van der Waals surface area contributed by atoms with Crippen molar-refractivity contribution in [3.05, 3.63) is 78.5 Å². The first-order valence-corrected chi connectivity index (χ1v) is 7.39. The average molecular weight is 297 g/mol. The fourth-order valence-corrected chi connectivity index (χ4v) is 2.69. The van der Waals surface area contributed by atoms with Crippen LogP contribution in [0.15, 0.2) is 77.9 Å². The predicted octanol–water partition coefficient (Wildman–Crippen LogP) is 4.21. The average Bonchev–Trinajstić information content (AvgIpc) is 2.61. The highest BCUT2D eigenvalue weighted by Crippen LogP contribution is 2.27. The van der Waals surface area contributed by atoms with Gasteiger partial charge in [0.15, 0.2) is 0 Å². The summed E-state index contributed by atoms with van der Waals surface area (Å²) >= 11 is 0. The highest BCUT2D eigenvalue weighted by atomic mass is 16.3. The molecule has 0 aliphatic carbocycles. The summed E-state index contributed by atoms with van der Waals surface area (Å²) in [5.74, 6) is 0.0000425. The summed E-state index contributed by atoms with van der Waals surface area (Å²) in [5, 5.41) is 15.2. The first kappa shape index (κ1) is 13.5. The van der Waals surface area contributed by atoms with Crippen molar-refractivity contribution in [2.24, 2.45) is 4.99 Å². The van der Waals surface area contributed by atoms with Gasteiger partial charge in [0, 0.05) is 17.8 Å². The van der Waals surface area contributed by atoms with E-state index in [1.54, 1.807) is 12.4 Å². The van der Waals surface area contributed by atoms with E-state index in [9.17, 15) is 5.11 Å². The van der Waals surface area contributed by atoms with E-state index in [1.165, 1.54) is 0 Å². The summed E-state index contributed by atoms with van der Waals surface area (Å²) in [6.45, 7) is 0. The molecule has 3 aromatic carbocycles.